The molecule has 6 rings (SSSR count). The zero-order chi connectivity index (χ0) is 29.1. The number of hydrogen-bond acceptors (Lipinski definition) is 7. The maximum Gasteiger partial charge on any atom is 0.356 e. The summed E-state index contributed by atoms with van der Waals surface area (Å²) in [4.78, 5) is 42.1. The van der Waals surface area contributed by atoms with E-state index in [1.54, 1.807) is 0 Å². The van der Waals surface area contributed by atoms with Gasteiger partial charge in [-0.3, -0.25) is 9.69 Å². The van der Waals surface area contributed by atoms with Crippen molar-refractivity contribution in [2.45, 2.75) is 23.6 Å². The van der Waals surface area contributed by atoms with E-state index in [1.807, 2.05) is 121 Å². The minimum Gasteiger partial charge on any atom is -0.449 e. The van der Waals surface area contributed by atoms with Crippen LogP contribution in [0, 0.1) is 0 Å². The number of rotatable bonds is 8. The lowest BCUT2D eigenvalue weighted by molar-refractivity contribution is -0.154. The van der Waals surface area contributed by atoms with E-state index in [9.17, 15) is 14.4 Å². The van der Waals surface area contributed by atoms with Crippen LogP contribution in [0.15, 0.2) is 133 Å². The van der Waals surface area contributed by atoms with Crippen LogP contribution in [0.3, 0.4) is 0 Å². The predicted octanol–water partition coefficient (Wildman–Crippen LogP) is 5.15. The average molecular weight is 577 g/mol. The number of fused-ring (bicyclic) bond motifs is 1. The molecule has 0 aromatic heterocycles. The van der Waals surface area contributed by atoms with Crippen LogP contribution >= 0.6 is 11.8 Å². The van der Waals surface area contributed by atoms with E-state index < -0.39 is 41.5 Å². The Bertz CT molecular complexity index is 1530. The van der Waals surface area contributed by atoms with E-state index in [0.717, 1.165) is 22.3 Å². The molecule has 210 valence electrons. The summed E-state index contributed by atoms with van der Waals surface area (Å²) in [6.07, 6.45) is -1.48. The molecular formula is C34H28N2O5S. The van der Waals surface area contributed by atoms with Crippen LogP contribution in [0.5, 0.6) is 0 Å². The Morgan fingerprint density at radius 2 is 1.05 bits per heavy atom. The molecule has 1 saturated heterocycles. The Hall–Kier alpha value is -4.66. The lowest BCUT2D eigenvalue weighted by Gasteiger charge is -2.48. The molecule has 2 aliphatic rings. The first-order chi connectivity index (χ1) is 20.5. The summed E-state index contributed by atoms with van der Waals surface area (Å²) in [6.45, 7) is 0. The van der Waals surface area contributed by atoms with Crippen LogP contribution in [0.1, 0.15) is 34.5 Å². The minimum atomic E-state index is -0.791. The molecule has 0 aliphatic carbocycles. The molecule has 4 aromatic carbocycles. The molecule has 0 radical (unpaired) electrons. The van der Waals surface area contributed by atoms with E-state index >= 15 is 0 Å². The Kier molecular flexibility index (Phi) is 7.90. The number of nitrogens with zero attached hydrogens (tertiary/aromatic N) is 1. The third-order valence-electron chi connectivity index (χ3n) is 7.31. The normalized spacial score (nSPS) is 18.0. The lowest BCUT2D eigenvalue weighted by atomic mass is 10.0. The van der Waals surface area contributed by atoms with E-state index in [0.29, 0.717) is 0 Å². The number of hydrogen-bond donors (Lipinski definition) is 1. The molecule has 7 nitrogen and oxygen atoms in total. The fourth-order valence-corrected chi connectivity index (χ4v) is 6.45. The van der Waals surface area contributed by atoms with E-state index in [2.05, 4.69) is 0 Å². The second-order valence-corrected chi connectivity index (χ2v) is 11.1. The van der Waals surface area contributed by atoms with Gasteiger partial charge >= 0.3 is 11.9 Å². The average Bonchev–Trinajstić information content (AvgIpc) is 3.06. The third-order valence-corrected chi connectivity index (χ3v) is 8.61. The number of nitrogens with two attached hydrogens (primary N) is 1. The minimum absolute atomic E-state index is 0.0678. The van der Waals surface area contributed by atoms with E-state index in [-0.39, 0.29) is 17.0 Å². The number of β-lactam (4-membered cyclic amide) rings is 1. The second-order valence-electron chi connectivity index (χ2n) is 9.98. The lowest BCUT2D eigenvalue weighted by Crippen LogP contribution is -2.68. The van der Waals surface area contributed by atoms with Crippen molar-refractivity contribution < 1.29 is 23.9 Å². The van der Waals surface area contributed by atoms with Crippen molar-refractivity contribution in [1.29, 1.82) is 0 Å². The van der Waals surface area contributed by atoms with Gasteiger partial charge in [-0.15, -0.1) is 11.8 Å². The van der Waals surface area contributed by atoms with Crippen molar-refractivity contribution in [3.8, 4) is 0 Å². The van der Waals surface area contributed by atoms with Crippen molar-refractivity contribution in [1.82, 2.24) is 4.90 Å². The molecule has 2 atom stereocenters. The van der Waals surface area contributed by atoms with Gasteiger partial charge in [0.1, 0.15) is 17.1 Å². The maximum absolute atomic E-state index is 14.0. The molecular weight excluding hydrogens is 548 g/mol. The Morgan fingerprint density at radius 1 is 0.667 bits per heavy atom. The molecule has 8 heteroatoms. The Labute approximate surface area is 247 Å². The van der Waals surface area contributed by atoms with Crippen LogP contribution in [-0.4, -0.2) is 39.9 Å². The Morgan fingerprint density at radius 3 is 1.45 bits per heavy atom. The first-order valence-electron chi connectivity index (χ1n) is 13.6. The number of carbonyl (C=O) groups excluding carboxylic acids is 3. The predicted molar refractivity (Wildman–Crippen MR) is 160 cm³/mol. The van der Waals surface area contributed by atoms with Crippen LogP contribution < -0.4 is 5.73 Å². The van der Waals surface area contributed by atoms with E-state index in [4.69, 9.17) is 15.2 Å². The number of carbonyl (C=O) groups is 3. The zero-order valence-electron chi connectivity index (χ0n) is 22.5. The standard InChI is InChI=1S/C34H28N2O5S/c35-27-31(37)36-28(34(39)41-30(24-17-9-3-10-18-24)25-19-11-4-12-20-25)26(21-42-32(27)36)33(38)40-29(22-13-5-1-6-14-22)23-15-7-2-8-16-23/h1-20,27,29-30,32H,21,35H2/t27?,32-/m1/s1. The number of ether oxygens (including phenoxy) is 2. The molecule has 2 heterocycles. The monoisotopic (exact) mass is 576 g/mol. The van der Waals surface area contributed by atoms with Crippen molar-refractivity contribution in [3.05, 3.63) is 155 Å². The maximum atomic E-state index is 14.0. The number of esters is 2. The van der Waals surface area contributed by atoms with Gasteiger partial charge in [-0.1, -0.05) is 121 Å². The fraction of sp³-hybridized carbons (Fsp3) is 0.147. The van der Waals surface area contributed by atoms with Gasteiger partial charge in [0.25, 0.3) is 0 Å². The number of amides is 1. The summed E-state index contributed by atoms with van der Waals surface area (Å²) in [6, 6.07) is 36.7. The molecule has 1 fully saturated rings. The van der Waals surface area contributed by atoms with Gasteiger partial charge in [0.05, 0.1) is 5.57 Å². The van der Waals surface area contributed by atoms with Crippen LogP contribution in [-0.2, 0) is 23.9 Å². The third kappa shape index (κ3) is 5.34. The molecule has 1 unspecified atom stereocenters. The summed E-state index contributed by atoms with van der Waals surface area (Å²) >= 11 is 1.33. The van der Waals surface area contributed by atoms with Gasteiger partial charge in [-0.25, -0.2) is 9.59 Å². The van der Waals surface area contributed by atoms with Gasteiger partial charge in [0.15, 0.2) is 12.2 Å². The van der Waals surface area contributed by atoms with Crippen molar-refractivity contribution in [3.63, 3.8) is 0 Å². The highest BCUT2D eigenvalue weighted by Gasteiger charge is 2.53. The largest absolute Gasteiger partial charge is 0.449 e. The van der Waals surface area contributed by atoms with E-state index in [1.165, 1.54) is 16.7 Å². The van der Waals surface area contributed by atoms with Gasteiger partial charge in [-0.2, -0.15) is 0 Å². The van der Waals surface area contributed by atoms with Crippen LogP contribution in [0.25, 0.3) is 0 Å². The molecule has 1 amide bonds. The highest BCUT2D eigenvalue weighted by molar-refractivity contribution is 8.00. The van der Waals surface area contributed by atoms with Crippen LogP contribution in [0.2, 0.25) is 0 Å². The number of benzene rings is 4. The molecule has 0 bridgehead atoms. The fourth-order valence-electron chi connectivity index (χ4n) is 5.17. The van der Waals surface area contributed by atoms with Crippen LogP contribution in [0.4, 0.5) is 0 Å². The van der Waals surface area contributed by atoms with Gasteiger partial charge in [0, 0.05) is 5.75 Å². The molecule has 4 aromatic rings. The second kappa shape index (κ2) is 12.1. The van der Waals surface area contributed by atoms with Crippen molar-refractivity contribution in [2.75, 3.05) is 5.75 Å². The molecule has 42 heavy (non-hydrogen) atoms. The molecule has 2 N–H and O–H groups in total. The quantitative estimate of drug-likeness (QED) is 0.229. The van der Waals surface area contributed by atoms with Crippen molar-refractivity contribution in [2.24, 2.45) is 5.73 Å². The Balaban J connectivity index is 1.38. The number of thioether (sulfide) groups is 1. The molecule has 0 spiro atoms. The van der Waals surface area contributed by atoms with Gasteiger partial charge in [-0.05, 0) is 22.3 Å². The summed E-state index contributed by atoms with van der Waals surface area (Å²) in [5.41, 5.74) is 9.08. The summed E-state index contributed by atoms with van der Waals surface area (Å²) in [7, 11) is 0. The summed E-state index contributed by atoms with van der Waals surface area (Å²) in [5.74, 6) is -1.79. The highest BCUT2D eigenvalue weighted by atomic mass is 32.2. The molecule has 2 aliphatic heterocycles. The van der Waals surface area contributed by atoms with Crippen molar-refractivity contribution >= 4 is 29.6 Å². The highest BCUT2D eigenvalue weighted by Crippen LogP contribution is 2.42. The SMILES string of the molecule is NC1C(=O)N2C(C(=O)OC(c3ccccc3)c3ccccc3)=C(C(=O)OC(c3ccccc3)c3ccccc3)CS[C@H]12. The topological polar surface area (TPSA) is 98.9 Å². The summed E-state index contributed by atoms with van der Waals surface area (Å²) in [5, 5.41) is -0.470. The zero-order valence-corrected chi connectivity index (χ0v) is 23.4. The summed E-state index contributed by atoms with van der Waals surface area (Å²) < 4.78 is 12.2. The first kappa shape index (κ1) is 27.5. The van der Waals surface area contributed by atoms with Gasteiger partial charge < -0.3 is 15.2 Å². The first-order valence-corrected chi connectivity index (χ1v) is 14.6. The molecule has 0 saturated carbocycles. The van der Waals surface area contributed by atoms with Gasteiger partial charge in [0.2, 0.25) is 5.91 Å². The smallest absolute Gasteiger partial charge is 0.356 e.